The first-order valence-corrected chi connectivity index (χ1v) is 8.36. The van der Waals surface area contributed by atoms with E-state index in [4.69, 9.17) is 10.5 Å². The van der Waals surface area contributed by atoms with Gasteiger partial charge in [-0.1, -0.05) is 0 Å². The van der Waals surface area contributed by atoms with Gasteiger partial charge in [0.15, 0.2) is 0 Å². The van der Waals surface area contributed by atoms with Crippen molar-refractivity contribution in [1.29, 1.82) is 0 Å². The number of hydrogen-bond donors (Lipinski definition) is 2. The fraction of sp³-hybridized carbons (Fsp3) is 0.118. The van der Waals surface area contributed by atoms with Crippen LogP contribution in [0.25, 0.3) is 22.2 Å². The van der Waals surface area contributed by atoms with E-state index in [1.165, 1.54) is 0 Å². The average Bonchev–Trinajstić information content (AvgIpc) is 3.22. The number of pyridine rings is 1. The predicted molar refractivity (Wildman–Crippen MR) is 94.9 cm³/mol. The normalized spacial score (nSPS) is 11.0. The molecule has 0 aliphatic rings. The highest BCUT2D eigenvalue weighted by Gasteiger charge is 2.15. The number of nitrogen functional groups attached to an aromatic ring is 1. The van der Waals surface area contributed by atoms with E-state index in [0.717, 1.165) is 27.7 Å². The summed E-state index contributed by atoms with van der Waals surface area (Å²) in [5.74, 6) is 1.69. The highest BCUT2D eigenvalue weighted by Crippen LogP contribution is 2.34. The third kappa shape index (κ3) is 2.69. The molecule has 0 amide bonds. The van der Waals surface area contributed by atoms with Gasteiger partial charge < -0.3 is 15.5 Å². The summed E-state index contributed by atoms with van der Waals surface area (Å²) in [6.45, 7) is 2.32. The fourth-order valence-electron chi connectivity index (χ4n) is 2.58. The summed E-state index contributed by atoms with van der Waals surface area (Å²) in [4.78, 5) is 16.2. The second-order valence-corrected chi connectivity index (χ2v) is 6.17. The molecule has 120 valence electrons. The molecule has 24 heavy (non-hydrogen) atoms. The Labute approximate surface area is 142 Å². The zero-order valence-electron chi connectivity index (χ0n) is 13.0. The molecule has 3 N–H and O–H groups in total. The van der Waals surface area contributed by atoms with Crippen LogP contribution in [0.1, 0.15) is 11.4 Å². The maximum Gasteiger partial charge on any atom is 0.227 e. The molecule has 4 rings (SSSR count). The molecular weight excluding hydrogens is 322 g/mol. The Morgan fingerprint density at radius 3 is 3.00 bits per heavy atom. The van der Waals surface area contributed by atoms with Crippen molar-refractivity contribution < 1.29 is 4.74 Å². The maximum atomic E-state index is 5.98. The van der Waals surface area contributed by atoms with Crippen LogP contribution < -0.4 is 10.5 Å². The highest BCUT2D eigenvalue weighted by molar-refractivity contribution is 7.07. The monoisotopic (exact) mass is 337 g/mol. The minimum absolute atomic E-state index is 0.468. The first-order chi connectivity index (χ1) is 11.7. The summed E-state index contributed by atoms with van der Waals surface area (Å²) in [5.41, 5.74) is 9.56. The van der Waals surface area contributed by atoms with E-state index < -0.39 is 0 Å². The third-order valence-electron chi connectivity index (χ3n) is 3.66. The van der Waals surface area contributed by atoms with Crippen molar-refractivity contribution in [2.24, 2.45) is 0 Å². The fourth-order valence-corrected chi connectivity index (χ4v) is 3.23. The molecule has 4 aromatic heterocycles. The van der Waals surface area contributed by atoms with Crippen LogP contribution >= 0.6 is 11.3 Å². The van der Waals surface area contributed by atoms with E-state index in [2.05, 4.69) is 25.3 Å². The van der Waals surface area contributed by atoms with Crippen molar-refractivity contribution in [2.75, 3.05) is 5.73 Å². The minimum atomic E-state index is 0.468. The molecule has 7 heteroatoms. The molecule has 0 aliphatic carbocycles. The van der Waals surface area contributed by atoms with E-state index >= 15 is 0 Å². The van der Waals surface area contributed by atoms with Gasteiger partial charge in [-0.15, -0.1) is 0 Å². The highest BCUT2D eigenvalue weighted by atomic mass is 32.1. The predicted octanol–water partition coefficient (Wildman–Crippen LogP) is 3.55. The molecule has 0 bridgehead atoms. The topological polar surface area (TPSA) is 89.7 Å². The quantitative estimate of drug-likeness (QED) is 0.594. The van der Waals surface area contributed by atoms with E-state index in [0.29, 0.717) is 24.1 Å². The molecule has 0 aliphatic heterocycles. The lowest BCUT2D eigenvalue weighted by Crippen LogP contribution is -2.00. The van der Waals surface area contributed by atoms with Gasteiger partial charge in [0.2, 0.25) is 5.88 Å². The van der Waals surface area contributed by atoms with E-state index in [9.17, 15) is 0 Å². The van der Waals surface area contributed by atoms with Gasteiger partial charge >= 0.3 is 0 Å². The Kier molecular flexibility index (Phi) is 3.62. The number of thiophene rings is 1. The number of ether oxygens (including phenoxy) is 1. The van der Waals surface area contributed by atoms with Crippen LogP contribution in [0, 0.1) is 6.92 Å². The zero-order valence-corrected chi connectivity index (χ0v) is 13.8. The van der Waals surface area contributed by atoms with Crippen molar-refractivity contribution in [3.63, 3.8) is 0 Å². The number of rotatable bonds is 4. The number of aromatic nitrogens is 4. The molecule has 0 spiro atoms. The van der Waals surface area contributed by atoms with Crippen LogP contribution in [0.2, 0.25) is 0 Å². The molecule has 0 saturated carbocycles. The molecule has 4 aromatic rings. The third-order valence-corrected chi connectivity index (χ3v) is 4.39. The standard InChI is InChI=1S/C17H15N5OS/c1-10-21-16-15(17(22-10)23-8-11-3-5-24-9-11)13(7-20-16)12-2-4-19-14(18)6-12/h2-7,9H,8H2,1H3,(H2,18,19)(H,20,21,22). The average molecular weight is 337 g/mol. The Morgan fingerprint density at radius 2 is 2.21 bits per heavy atom. The number of aryl methyl sites for hydroxylation is 1. The van der Waals surface area contributed by atoms with Gasteiger partial charge in [-0.2, -0.15) is 16.3 Å². The molecule has 0 atom stereocenters. The summed E-state index contributed by atoms with van der Waals surface area (Å²) in [5, 5.41) is 4.94. The second-order valence-electron chi connectivity index (χ2n) is 5.39. The van der Waals surface area contributed by atoms with Crippen molar-refractivity contribution in [3.8, 4) is 17.0 Å². The zero-order chi connectivity index (χ0) is 16.5. The van der Waals surface area contributed by atoms with E-state index in [1.807, 2.05) is 36.7 Å². The van der Waals surface area contributed by atoms with Crippen LogP contribution in [-0.2, 0) is 6.61 Å². The number of nitrogens with zero attached hydrogens (tertiary/aromatic N) is 3. The van der Waals surface area contributed by atoms with Crippen LogP contribution in [0.15, 0.2) is 41.4 Å². The number of anilines is 1. The Hall–Kier alpha value is -2.93. The lowest BCUT2D eigenvalue weighted by molar-refractivity contribution is 0.297. The van der Waals surface area contributed by atoms with Crippen LogP contribution in [0.4, 0.5) is 5.82 Å². The van der Waals surface area contributed by atoms with Crippen molar-refractivity contribution >= 4 is 28.2 Å². The summed E-state index contributed by atoms with van der Waals surface area (Å²) >= 11 is 1.65. The van der Waals surface area contributed by atoms with Gasteiger partial charge in [-0.05, 0) is 41.4 Å². The largest absolute Gasteiger partial charge is 0.472 e. The van der Waals surface area contributed by atoms with Gasteiger partial charge in [0.25, 0.3) is 0 Å². The Morgan fingerprint density at radius 1 is 1.29 bits per heavy atom. The van der Waals surface area contributed by atoms with Gasteiger partial charge in [0, 0.05) is 23.5 Å². The molecule has 6 nitrogen and oxygen atoms in total. The molecule has 0 fully saturated rings. The smallest absolute Gasteiger partial charge is 0.227 e. The molecule has 0 unspecified atom stereocenters. The van der Waals surface area contributed by atoms with Gasteiger partial charge in [0.05, 0.1) is 5.39 Å². The molecule has 0 aromatic carbocycles. The number of aromatic amines is 1. The van der Waals surface area contributed by atoms with Gasteiger partial charge in [-0.3, -0.25) is 0 Å². The summed E-state index contributed by atoms with van der Waals surface area (Å²) in [6, 6.07) is 5.77. The first kappa shape index (κ1) is 14.6. The Balaban J connectivity index is 1.81. The molecule has 0 saturated heterocycles. The number of fused-ring (bicyclic) bond motifs is 1. The summed E-state index contributed by atoms with van der Waals surface area (Å²) in [7, 11) is 0. The van der Waals surface area contributed by atoms with Gasteiger partial charge in [-0.25, -0.2) is 9.97 Å². The number of H-pyrrole nitrogens is 1. The molecular formula is C17H15N5OS. The van der Waals surface area contributed by atoms with Crippen LogP contribution in [0.3, 0.4) is 0 Å². The summed E-state index contributed by atoms with van der Waals surface area (Å²) < 4.78 is 5.98. The van der Waals surface area contributed by atoms with Gasteiger partial charge in [0.1, 0.15) is 23.9 Å². The lowest BCUT2D eigenvalue weighted by atomic mass is 10.1. The SMILES string of the molecule is Cc1nc(OCc2ccsc2)c2c(-c3ccnc(N)c3)c[nH]c2n1. The van der Waals surface area contributed by atoms with Crippen LogP contribution in [0.5, 0.6) is 5.88 Å². The molecule has 0 radical (unpaired) electrons. The number of nitrogens with two attached hydrogens (primary N) is 1. The Bertz CT molecular complexity index is 994. The van der Waals surface area contributed by atoms with Crippen LogP contribution in [-0.4, -0.2) is 19.9 Å². The van der Waals surface area contributed by atoms with Crippen molar-refractivity contribution in [1.82, 2.24) is 19.9 Å². The minimum Gasteiger partial charge on any atom is -0.472 e. The summed E-state index contributed by atoms with van der Waals surface area (Å²) in [6.07, 6.45) is 3.58. The second kappa shape index (κ2) is 5.93. The number of hydrogen-bond acceptors (Lipinski definition) is 6. The van der Waals surface area contributed by atoms with E-state index in [1.54, 1.807) is 17.5 Å². The van der Waals surface area contributed by atoms with Crippen molar-refractivity contribution in [3.05, 3.63) is 52.7 Å². The maximum absolute atomic E-state index is 5.98. The van der Waals surface area contributed by atoms with Crippen molar-refractivity contribution in [2.45, 2.75) is 13.5 Å². The first-order valence-electron chi connectivity index (χ1n) is 7.42. The number of nitrogens with one attached hydrogen (secondary N) is 1. The van der Waals surface area contributed by atoms with E-state index in [-0.39, 0.29) is 0 Å². The lowest BCUT2D eigenvalue weighted by Gasteiger charge is -2.08. The molecule has 4 heterocycles.